The van der Waals surface area contributed by atoms with Crippen LogP contribution in [-0.2, 0) is 13.0 Å². The molecule has 0 bridgehead atoms. The Hall–Kier alpha value is -1.74. The minimum atomic E-state index is 0. The fourth-order valence-corrected chi connectivity index (χ4v) is 3.02. The fraction of sp³-hybridized carbons (Fsp3) is 0.400. The van der Waals surface area contributed by atoms with Crippen molar-refractivity contribution in [3.8, 4) is 0 Å². The molecule has 0 aliphatic rings. The standard InChI is InChI=1S/C20H26ClN5O.HI/c1-4-22-20(25-12-16-10-19(13(2)3)26-27-16)23-8-7-14-11-24-18-6-5-15(21)9-17(14)18;/h5-6,9-11,13,24H,4,7-8,12H2,1-3H3,(H2,22,23,25);1H. The van der Waals surface area contributed by atoms with Crippen LogP contribution in [0.5, 0.6) is 0 Å². The van der Waals surface area contributed by atoms with Crippen LogP contribution >= 0.6 is 35.6 Å². The first kappa shape index (κ1) is 22.5. The molecule has 0 spiro atoms. The molecule has 2 heterocycles. The van der Waals surface area contributed by atoms with E-state index in [9.17, 15) is 0 Å². The van der Waals surface area contributed by atoms with Crippen LogP contribution in [0.3, 0.4) is 0 Å². The second kappa shape index (κ2) is 10.7. The molecule has 0 unspecified atom stereocenters. The third kappa shape index (κ3) is 5.88. The zero-order valence-electron chi connectivity index (χ0n) is 16.4. The molecule has 3 rings (SSSR count). The highest BCUT2D eigenvalue weighted by atomic mass is 127. The highest BCUT2D eigenvalue weighted by Gasteiger charge is 2.08. The molecule has 0 radical (unpaired) electrons. The number of H-pyrrole nitrogens is 1. The van der Waals surface area contributed by atoms with Crippen LogP contribution in [-0.4, -0.2) is 29.2 Å². The van der Waals surface area contributed by atoms with Crippen molar-refractivity contribution in [3.05, 3.63) is 52.5 Å². The Morgan fingerprint density at radius 3 is 2.82 bits per heavy atom. The van der Waals surface area contributed by atoms with Gasteiger partial charge in [-0.2, -0.15) is 0 Å². The first-order valence-corrected chi connectivity index (χ1v) is 9.67. The van der Waals surface area contributed by atoms with Crippen molar-refractivity contribution in [3.63, 3.8) is 0 Å². The van der Waals surface area contributed by atoms with Crippen LogP contribution < -0.4 is 10.6 Å². The minimum absolute atomic E-state index is 0. The lowest BCUT2D eigenvalue weighted by atomic mass is 10.1. The van der Waals surface area contributed by atoms with Gasteiger partial charge in [0.05, 0.1) is 5.69 Å². The lowest BCUT2D eigenvalue weighted by Crippen LogP contribution is -2.38. The number of aromatic amines is 1. The summed E-state index contributed by atoms with van der Waals surface area (Å²) in [7, 11) is 0. The molecule has 0 saturated carbocycles. The van der Waals surface area contributed by atoms with Gasteiger partial charge in [-0.05, 0) is 43.0 Å². The van der Waals surface area contributed by atoms with Gasteiger partial charge in [0.25, 0.3) is 0 Å². The molecule has 152 valence electrons. The smallest absolute Gasteiger partial charge is 0.191 e. The normalized spacial score (nSPS) is 11.7. The lowest BCUT2D eigenvalue weighted by molar-refractivity contribution is 0.376. The summed E-state index contributed by atoms with van der Waals surface area (Å²) in [5.74, 6) is 1.88. The van der Waals surface area contributed by atoms with Gasteiger partial charge in [0.1, 0.15) is 6.54 Å². The van der Waals surface area contributed by atoms with E-state index in [4.69, 9.17) is 16.1 Å². The van der Waals surface area contributed by atoms with E-state index in [1.54, 1.807) is 0 Å². The van der Waals surface area contributed by atoms with Gasteiger partial charge in [0, 0.05) is 41.3 Å². The zero-order chi connectivity index (χ0) is 19.2. The van der Waals surface area contributed by atoms with Crippen LogP contribution in [0.4, 0.5) is 0 Å². The number of halogens is 2. The number of nitrogens with one attached hydrogen (secondary N) is 3. The SMILES string of the molecule is CCNC(=NCc1cc(C(C)C)no1)NCCc1c[nH]c2ccc(Cl)cc12.I. The van der Waals surface area contributed by atoms with Gasteiger partial charge in [-0.1, -0.05) is 30.6 Å². The van der Waals surface area contributed by atoms with E-state index in [-0.39, 0.29) is 24.0 Å². The summed E-state index contributed by atoms with van der Waals surface area (Å²) in [5.41, 5.74) is 3.28. The second-order valence-corrected chi connectivity index (χ2v) is 7.18. The maximum absolute atomic E-state index is 6.12. The number of benzene rings is 1. The molecule has 3 aromatic rings. The summed E-state index contributed by atoms with van der Waals surface area (Å²) in [6, 6.07) is 7.86. The molecule has 0 fully saturated rings. The summed E-state index contributed by atoms with van der Waals surface area (Å²) in [6.45, 7) is 8.24. The van der Waals surface area contributed by atoms with Gasteiger partial charge in [-0.3, -0.25) is 0 Å². The van der Waals surface area contributed by atoms with Crippen LogP contribution in [0.2, 0.25) is 5.02 Å². The van der Waals surface area contributed by atoms with Crippen molar-refractivity contribution in [1.82, 2.24) is 20.8 Å². The largest absolute Gasteiger partial charge is 0.361 e. The first-order chi connectivity index (χ1) is 13.1. The van der Waals surface area contributed by atoms with Gasteiger partial charge < -0.3 is 20.1 Å². The monoisotopic (exact) mass is 515 g/mol. The minimum Gasteiger partial charge on any atom is -0.361 e. The van der Waals surface area contributed by atoms with E-state index in [0.717, 1.165) is 52.8 Å². The van der Waals surface area contributed by atoms with Crippen molar-refractivity contribution < 1.29 is 4.52 Å². The summed E-state index contributed by atoms with van der Waals surface area (Å²) in [4.78, 5) is 7.87. The van der Waals surface area contributed by atoms with Gasteiger partial charge >= 0.3 is 0 Å². The Morgan fingerprint density at radius 1 is 1.29 bits per heavy atom. The molecule has 0 aliphatic heterocycles. The molecular weight excluding hydrogens is 489 g/mol. The molecule has 2 aromatic heterocycles. The Kier molecular flexibility index (Phi) is 8.62. The third-order valence-corrected chi connectivity index (χ3v) is 4.56. The van der Waals surface area contributed by atoms with Crippen molar-refractivity contribution >= 4 is 52.4 Å². The van der Waals surface area contributed by atoms with E-state index in [0.29, 0.717) is 12.5 Å². The van der Waals surface area contributed by atoms with Gasteiger partial charge in [0.2, 0.25) is 0 Å². The molecule has 1 aromatic carbocycles. The third-order valence-electron chi connectivity index (χ3n) is 4.32. The van der Waals surface area contributed by atoms with Crippen molar-refractivity contribution in [2.24, 2.45) is 4.99 Å². The summed E-state index contributed by atoms with van der Waals surface area (Å²) < 4.78 is 5.35. The Labute approximate surface area is 187 Å². The van der Waals surface area contributed by atoms with E-state index in [1.165, 1.54) is 5.56 Å². The Balaban J connectivity index is 0.00000280. The maximum atomic E-state index is 6.12. The van der Waals surface area contributed by atoms with Crippen LogP contribution in [0.25, 0.3) is 10.9 Å². The van der Waals surface area contributed by atoms with E-state index < -0.39 is 0 Å². The average Bonchev–Trinajstić information content (AvgIpc) is 3.27. The van der Waals surface area contributed by atoms with Crippen LogP contribution in [0, 0.1) is 0 Å². The number of hydrogen-bond acceptors (Lipinski definition) is 3. The topological polar surface area (TPSA) is 78.2 Å². The second-order valence-electron chi connectivity index (χ2n) is 6.75. The van der Waals surface area contributed by atoms with Gasteiger partial charge in [-0.25, -0.2) is 4.99 Å². The lowest BCUT2D eigenvalue weighted by Gasteiger charge is -2.10. The molecule has 0 atom stereocenters. The summed E-state index contributed by atoms with van der Waals surface area (Å²) in [6.07, 6.45) is 2.90. The quantitative estimate of drug-likeness (QED) is 0.239. The number of hydrogen-bond donors (Lipinski definition) is 3. The van der Waals surface area contributed by atoms with Gasteiger partial charge in [0.15, 0.2) is 11.7 Å². The Bertz CT molecular complexity index is 918. The van der Waals surface area contributed by atoms with E-state index in [2.05, 4.69) is 39.6 Å². The van der Waals surface area contributed by atoms with Crippen molar-refractivity contribution in [2.75, 3.05) is 13.1 Å². The predicted octanol–water partition coefficient (Wildman–Crippen LogP) is 4.85. The van der Waals surface area contributed by atoms with Crippen molar-refractivity contribution in [2.45, 2.75) is 39.7 Å². The molecule has 6 nitrogen and oxygen atoms in total. The molecule has 8 heteroatoms. The van der Waals surface area contributed by atoms with E-state index in [1.807, 2.05) is 37.4 Å². The molecule has 28 heavy (non-hydrogen) atoms. The molecule has 3 N–H and O–H groups in total. The molecule has 0 saturated heterocycles. The number of nitrogens with zero attached hydrogens (tertiary/aromatic N) is 2. The number of aromatic nitrogens is 2. The van der Waals surface area contributed by atoms with Crippen molar-refractivity contribution in [1.29, 1.82) is 0 Å². The van der Waals surface area contributed by atoms with Crippen LogP contribution in [0.1, 0.15) is 43.7 Å². The number of fused-ring (bicyclic) bond motifs is 1. The highest BCUT2D eigenvalue weighted by molar-refractivity contribution is 14.0. The predicted molar refractivity (Wildman–Crippen MR) is 126 cm³/mol. The van der Waals surface area contributed by atoms with Gasteiger partial charge in [-0.15, -0.1) is 24.0 Å². The highest BCUT2D eigenvalue weighted by Crippen LogP contribution is 2.22. The fourth-order valence-electron chi connectivity index (χ4n) is 2.85. The van der Waals surface area contributed by atoms with Crippen LogP contribution in [0.15, 0.2) is 40.0 Å². The summed E-state index contributed by atoms with van der Waals surface area (Å²) in [5, 5.41) is 12.6. The molecule has 0 aliphatic carbocycles. The van der Waals surface area contributed by atoms with E-state index >= 15 is 0 Å². The molecule has 0 amide bonds. The first-order valence-electron chi connectivity index (χ1n) is 9.30. The number of rotatable bonds is 7. The zero-order valence-corrected chi connectivity index (χ0v) is 19.5. The molecular formula is C20H27ClIN5O. The Morgan fingerprint density at radius 2 is 2.11 bits per heavy atom. The summed E-state index contributed by atoms with van der Waals surface area (Å²) >= 11 is 6.12. The number of guanidine groups is 1. The number of aliphatic imine (C=N–C) groups is 1. The average molecular weight is 516 g/mol. The maximum Gasteiger partial charge on any atom is 0.191 e.